The molecule has 1 unspecified atom stereocenters. The number of hydrogen-bond acceptors (Lipinski definition) is 4. The van der Waals surface area contributed by atoms with Crippen molar-refractivity contribution in [3.63, 3.8) is 0 Å². The monoisotopic (exact) mass is 362 g/mol. The number of hydrogen-bond donors (Lipinski definition) is 1. The number of carbonyl (C=O) groups is 1. The van der Waals surface area contributed by atoms with Crippen molar-refractivity contribution in [1.29, 1.82) is 0 Å². The molecule has 3 rings (SSSR count). The lowest BCUT2D eigenvalue weighted by molar-refractivity contribution is -0.119. The van der Waals surface area contributed by atoms with E-state index in [0.29, 0.717) is 19.7 Å². The summed E-state index contributed by atoms with van der Waals surface area (Å²) in [5.41, 5.74) is 1.29. The molecule has 2 aromatic rings. The molecule has 26 heavy (non-hydrogen) atoms. The Morgan fingerprint density at radius 1 is 1.19 bits per heavy atom. The van der Waals surface area contributed by atoms with Crippen molar-refractivity contribution in [2.75, 3.05) is 31.6 Å². The van der Waals surface area contributed by atoms with Gasteiger partial charge in [-0.2, -0.15) is 8.78 Å². The van der Waals surface area contributed by atoms with E-state index < -0.39 is 6.61 Å². The summed E-state index contributed by atoms with van der Waals surface area (Å²) in [4.78, 5) is 14.3. The summed E-state index contributed by atoms with van der Waals surface area (Å²) >= 11 is 0. The van der Waals surface area contributed by atoms with Crippen molar-refractivity contribution < 1.29 is 23.0 Å². The third-order valence-electron chi connectivity index (χ3n) is 4.07. The first kappa shape index (κ1) is 18.3. The standard InChI is InChI=1S/C19H20F2N2O3/c20-19(21)26-16-9-5-4-8-15(16)22-18(24)13-23-10-11-25-17(12-23)14-6-2-1-3-7-14/h1-9,17,19H,10-13H2,(H,22,24). The zero-order valence-electron chi connectivity index (χ0n) is 14.1. The minimum absolute atomic E-state index is 0.0556. The number of halogens is 2. The van der Waals surface area contributed by atoms with Gasteiger partial charge >= 0.3 is 6.61 Å². The fraction of sp³-hybridized carbons (Fsp3) is 0.316. The van der Waals surface area contributed by atoms with E-state index in [1.54, 1.807) is 12.1 Å². The van der Waals surface area contributed by atoms with E-state index in [-0.39, 0.29) is 30.0 Å². The van der Waals surface area contributed by atoms with Crippen molar-refractivity contribution in [1.82, 2.24) is 4.90 Å². The minimum Gasteiger partial charge on any atom is -0.433 e. The molecule has 0 radical (unpaired) electrons. The van der Waals surface area contributed by atoms with Crippen LogP contribution in [0.5, 0.6) is 5.75 Å². The Hall–Kier alpha value is -2.51. The van der Waals surface area contributed by atoms with Crippen molar-refractivity contribution in [2.45, 2.75) is 12.7 Å². The van der Waals surface area contributed by atoms with Gasteiger partial charge in [0.15, 0.2) is 0 Å². The second-order valence-corrected chi connectivity index (χ2v) is 5.93. The zero-order chi connectivity index (χ0) is 18.4. The summed E-state index contributed by atoms with van der Waals surface area (Å²) in [6.07, 6.45) is -0.0906. The Kier molecular flexibility index (Phi) is 6.14. The van der Waals surface area contributed by atoms with Gasteiger partial charge in [-0.15, -0.1) is 0 Å². The Labute approximate surface area is 150 Å². The number of rotatable bonds is 6. The highest BCUT2D eigenvalue weighted by molar-refractivity contribution is 5.93. The van der Waals surface area contributed by atoms with Crippen LogP contribution in [-0.4, -0.2) is 43.7 Å². The van der Waals surface area contributed by atoms with Gasteiger partial charge in [-0.25, -0.2) is 0 Å². The molecule has 0 aliphatic carbocycles. The van der Waals surface area contributed by atoms with E-state index in [1.807, 2.05) is 35.2 Å². The van der Waals surface area contributed by atoms with Crippen molar-refractivity contribution in [3.8, 4) is 5.75 Å². The highest BCUT2D eigenvalue weighted by Crippen LogP contribution is 2.26. The van der Waals surface area contributed by atoms with E-state index in [4.69, 9.17) is 4.74 Å². The van der Waals surface area contributed by atoms with E-state index in [0.717, 1.165) is 5.56 Å². The first-order valence-electron chi connectivity index (χ1n) is 8.34. The first-order chi connectivity index (χ1) is 12.6. The van der Waals surface area contributed by atoms with Crippen LogP contribution in [0.4, 0.5) is 14.5 Å². The molecule has 1 heterocycles. The highest BCUT2D eigenvalue weighted by atomic mass is 19.3. The molecule has 5 nitrogen and oxygen atoms in total. The van der Waals surface area contributed by atoms with Gasteiger partial charge in [0.2, 0.25) is 5.91 Å². The molecule has 1 atom stereocenters. The van der Waals surface area contributed by atoms with Crippen LogP contribution in [-0.2, 0) is 9.53 Å². The Bertz CT molecular complexity index is 728. The number of amides is 1. The Morgan fingerprint density at radius 3 is 2.69 bits per heavy atom. The number of benzene rings is 2. The van der Waals surface area contributed by atoms with Gasteiger partial charge in [0, 0.05) is 13.1 Å². The zero-order valence-corrected chi connectivity index (χ0v) is 14.1. The predicted molar refractivity (Wildman–Crippen MR) is 93.3 cm³/mol. The molecule has 1 aliphatic rings. The van der Waals surface area contributed by atoms with Gasteiger partial charge in [-0.05, 0) is 17.7 Å². The topological polar surface area (TPSA) is 50.8 Å². The molecule has 1 aliphatic heterocycles. The van der Waals surface area contributed by atoms with Crippen LogP contribution in [0.15, 0.2) is 54.6 Å². The van der Waals surface area contributed by atoms with Crippen molar-refractivity contribution >= 4 is 11.6 Å². The molecule has 0 saturated carbocycles. The summed E-state index contributed by atoms with van der Waals surface area (Å²) < 4.78 is 35.1. The number of para-hydroxylation sites is 2. The Morgan fingerprint density at radius 2 is 1.92 bits per heavy atom. The lowest BCUT2D eigenvalue weighted by atomic mass is 10.1. The molecule has 1 N–H and O–H groups in total. The van der Waals surface area contributed by atoms with Gasteiger partial charge in [0.05, 0.1) is 24.9 Å². The molecular weight excluding hydrogens is 342 g/mol. The van der Waals surface area contributed by atoms with Gasteiger partial charge in [-0.1, -0.05) is 42.5 Å². The lowest BCUT2D eigenvalue weighted by Gasteiger charge is -2.32. The molecule has 0 aromatic heterocycles. The van der Waals surface area contributed by atoms with E-state index in [2.05, 4.69) is 10.1 Å². The molecule has 1 amide bonds. The van der Waals surface area contributed by atoms with Crippen LogP contribution in [0.2, 0.25) is 0 Å². The van der Waals surface area contributed by atoms with Crippen molar-refractivity contribution in [3.05, 3.63) is 60.2 Å². The average molecular weight is 362 g/mol. The quantitative estimate of drug-likeness (QED) is 0.857. The molecule has 1 fully saturated rings. The summed E-state index contributed by atoms with van der Waals surface area (Å²) in [5.74, 6) is -0.344. The molecule has 1 saturated heterocycles. The lowest BCUT2D eigenvalue weighted by Crippen LogP contribution is -2.42. The van der Waals surface area contributed by atoms with Crippen molar-refractivity contribution in [2.24, 2.45) is 0 Å². The second kappa shape index (κ2) is 8.73. The number of anilines is 1. The molecule has 0 spiro atoms. The number of nitrogens with zero attached hydrogens (tertiary/aromatic N) is 1. The first-order valence-corrected chi connectivity index (χ1v) is 8.34. The normalized spacial score (nSPS) is 17.9. The maximum Gasteiger partial charge on any atom is 0.387 e. The fourth-order valence-corrected chi connectivity index (χ4v) is 2.88. The summed E-state index contributed by atoms with van der Waals surface area (Å²) in [5, 5.41) is 2.64. The largest absolute Gasteiger partial charge is 0.433 e. The minimum atomic E-state index is -2.95. The molecule has 0 bridgehead atoms. The number of nitrogens with one attached hydrogen (secondary N) is 1. The summed E-state index contributed by atoms with van der Waals surface area (Å²) in [7, 11) is 0. The SMILES string of the molecule is O=C(CN1CCOC(c2ccccc2)C1)Nc1ccccc1OC(F)F. The van der Waals surface area contributed by atoms with Gasteiger partial charge in [0.1, 0.15) is 5.75 Å². The van der Waals surface area contributed by atoms with E-state index in [1.165, 1.54) is 12.1 Å². The number of carbonyl (C=O) groups excluding carboxylic acids is 1. The third-order valence-corrected chi connectivity index (χ3v) is 4.07. The molecule has 138 valence electrons. The fourth-order valence-electron chi connectivity index (χ4n) is 2.88. The van der Waals surface area contributed by atoms with Gasteiger partial charge < -0.3 is 14.8 Å². The summed E-state index contributed by atoms with van der Waals surface area (Å²) in [6, 6.07) is 16.0. The second-order valence-electron chi connectivity index (χ2n) is 5.93. The third kappa shape index (κ3) is 5.00. The van der Waals surface area contributed by atoms with Crippen LogP contribution < -0.4 is 10.1 Å². The van der Waals surface area contributed by atoms with E-state index in [9.17, 15) is 13.6 Å². The number of morpholine rings is 1. The van der Waals surface area contributed by atoms with Gasteiger partial charge in [0.25, 0.3) is 0 Å². The number of alkyl halides is 2. The van der Waals surface area contributed by atoms with E-state index >= 15 is 0 Å². The Balaban J connectivity index is 1.58. The van der Waals surface area contributed by atoms with Gasteiger partial charge in [-0.3, -0.25) is 9.69 Å². The maximum absolute atomic E-state index is 12.5. The van der Waals surface area contributed by atoms with Crippen LogP contribution in [0.3, 0.4) is 0 Å². The predicted octanol–water partition coefficient (Wildman–Crippen LogP) is 3.30. The van der Waals surface area contributed by atoms with Crippen LogP contribution >= 0.6 is 0 Å². The smallest absolute Gasteiger partial charge is 0.387 e. The molecule has 7 heteroatoms. The molecular formula is C19H20F2N2O3. The van der Waals surface area contributed by atoms with Crippen LogP contribution in [0.1, 0.15) is 11.7 Å². The summed E-state index contributed by atoms with van der Waals surface area (Å²) in [6.45, 7) is -1.05. The number of ether oxygens (including phenoxy) is 2. The average Bonchev–Trinajstić information content (AvgIpc) is 2.64. The molecule has 2 aromatic carbocycles. The maximum atomic E-state index is 12.5. The van der Waals surface area contributed by atoms with Crippen LogP contribution in [0, 0.1) is 0 Å². The highest BCUT2D eigenvalue weighted by Gasteiger charge is 2.23. The van der Waals surface area contributed by atoms with Crippen LogP contribution in [0.25, 0.3) is 0 Å².